The zero-order valence-electron chi connectivity index (χ0n) is 13.6. The standard InChI is InChI=1S/C17H25N3O2.ClH/c1-18-12-15-8-10-20(13-15)17(22)7-9-19-16(21)11-14-5-3-2-4-6-14;/h2-6,15,18H,7-13H2,1H3,(H,19,21);1H. The summed E-state index contributed by atoms with van der Waals surface area (Å²) in [5, 5.41) is 5.98. The molecule has 0 saturated carbocycles. The van der Waals surface area contributed by atoms with Crippen LogP contribution in [0.1, 0.15) is 18.4 Å². The third kappa shape index (κ3) is 6.59. The predicted molar refractivity (Wildman–Crippen MR) is 93.6 cm³/mol. The minimum Gasteiger partial charge on any atom is -0.355 e. The van der Waals surface area contributed by atoms with Gasteiger partial charge in [-0.25, -0.2) is 0 Å². The average Bonchev–Trinajstić information content (AvgIpc) is 2.97. The molecule has 1 unspecified atom stereocenters. The lowest BCUT2D eigenvalue weighted by Crippen LogP contribution is -2.34. The number of carbonyl (C=O) groups is 2. The minimum absolute atomic E-state index is 0. The summed E-state index contributed by atoms with van der Waals surface area (Å²) in [4.78, 5) is 25.8. The lowest BCUT2D eigenvalue weighted by molar-refractivity contribution is -0.130. The summed E-state index contributed by atoms with van der Waals surface area (Å²) in [6, 6.07) is 9.62. The van der Waals surface area contributed by atoms with Gasteiger partial charge in [-0.1, -0.05) is 30.3 Å². The molecule has 1 fully saturated rings. The molecule has 2 N–H and O–H groups in total. The fraction of sp³-hybridized carbons (Fsp3) is 0.529. The fourth-order valence-corrected chi connectivity index (χ4v) is 2.83. The van der Waals surface area contributed by atoms with E-state index < -0.39 is 0 Å². The van der Waals surface area contributed by atoms with Gasteiger partial charge >= 0.3 is 0 Å². The van der Waals surface area contributed by atoms with E-state index in [2.05, 4.69) is 10.6 Å². The number of likely N-dealkylation sites (tertiary alicyclic amines) is 1. The van der Waals surface area contributed by atoms with Crippen LogP contribution in [0, 0.1) is 5.92 Å². The molecule has 2 rings (SSSR count). The van der Waals surface area contributed by atoms with Crippen LogP contribution >= 0.6 is 12.4 Å². The van der Waals surface area contributed by atoms with Gasteiger partial charge in [0.25, 0.3) is 0 Å². The Morgan fingerprint density at radius 2 is 2.00 bits per heavy atom. The van der Waals surface area contributed by atoms with Crippen LogP contribution < -0.4 is 10.6 Å². The summed E-state index contributed by atoms with van der Waals surface area (Å²) in [6.45, 7) is 3.04. The number of benzene rings is 1. The number of rotatable bonds is 7. The molecule has 23 heavy (non-hydrogen) atoms. The molecule has 0 radical (unpaired) electrons. The molecule has 5 nitrogen and oxygen atoms in total. The van der Waals surface area contributed by atoms with Crippen molar-refractivity contribution in [3.63, 3.8) is 0 Å². The molecule has 1 aromatic carbocycles. The van der Waals surface area contributed by atoms with Gasteiger partial charge in [0, 0.05) is 26.1 Å². The molecular weight excluding hydrogens is 314 g/mol. The summed E-state index contributed by atoms with van der Waals surface area (Å²) >= 11 is 0. The number of hydrogen-bond donors (Lipinski definition) is 2. The lowest BCUT2D eigenvalue weighted by Gasteiger charge is -2.16. The van der Waals surface area contributed by atoms with Crippen LogP contribution in [-0.2, 0) is 16.0 Å². The number of nitrogens with zero attached hydrogens (tertiary/aromatic N) is 1. The Morgan fingerprint density at radius 3 is 2.70 bits per heavy atom. The molecule has 6 heteroatoms. The Labute approximate surface area is 144 Å². The second-order valence-electron chi connectivity index (χ2n) is 5.81. The van der Waals surface area contributed by atoms with Gasteiger partial charge in [0.15, 0.2) is 0 Å². The highest BCUT2D eigenvalue weighted by Crippen LogP contribution is 2.15. The molecule has 0 aliphatic carbocycles. The van der Waals surface area contributed by atoms with Crippen molar-refractivity contribution in [3.05, 3.63) is 35.9 Å². The first-order valence-corrected chi connectivity index (χ1v) is 7.92. The summed E-state index contributed by atoms with van der Waals surface area (Å²) in [7, 11) is 1.94. The Hall–Kier alpha value is -1.59. The Kier molecular flexibility index (Phi) is 8.66. The van der Waals surface area contributed by atoms with E-state index in [4.69, 9.17) is 0 Å². The first-order valence-electron chi connectivity index (χ1n) is 7.92. The van der Waals surface area contributed by atoms with Crippen molar-refractivity contribution in [2.24, 2.45) is 5.92 Å². The highest BCUT2D eigenvalue weighted by Gasteiger charge is 2.25. The van der Waals surface area contributed by atoms with E-state index in [1.54, 1.807) is 0 Å². The van der Waals surface area contributed by atoms with Crippen molar-refractivity contribution in [2.45, 2.75) is 19.3 Å². The van der Waals surface area contributed by atoms with E-state index in [0.29, 0.717) is 25.3 Å². The molecule has 1 aliphatic rings. The number of amides is 2. The number of nitrogens with one attached hydrogen (secondary N) is 2. The molecule has 0 aromatic heterocycles. The topological polar surface area (TPSA) is 61.4 Å². The van der Waals surface area contributed by atoms with Gasteiger partial charge in [-0.05, 0) is 31.5 Å². The maximum atomic E-state index is 12.1. The van der Waals surface area contributed by atoms with Crippen LogP contribution in [0.2, 0.25) is 0 Å². The summed E-state index contributed by atoms with van der Waals surface area (Å²) in [5.74, 6) is 0.661. The van der Waals surface area contributed by atoms with Gasteiger partial charge in [0.1, 0.15) is 0 Å². The molecule has 2 amide bonds. The zero-order chi connectivity index (χ0) is 15.8. The van der Waals surface area contributed by atoms with Crippen molar-refractivity contribution in [1.29, 1.82) is 0 Å². The van der Waals surface area contributed by atoms with E-state index in [1.807, 2.05) is 42.3 Å². The SMILES string of the molecule is CNCC1CCN(C(=O)CCNC(=O)Cc2ccccc2)C1.Cl. The van der Waals surface area contributed by atoms with Crippen molar-refractivity contribution in [1.82, 2.24) is 15.5 Å². The molecule has 1 atom stereocenters. The summed E-state index contributed by atoms with van der Waals surface area (Å²) < 4.78 is 0. The van der Waals surface area contributed by atoms with Gasteiger partial charge in [0.05, 0.1) is 6.42 Å². The largest absolute Gasteiger partial charge is 0.355 e. The molecule has 0 spiro atoms. The van der Waals surface area contributed by atoms with Gasteiger partial charge in [-0.15, -0.1) is 12.4 Å². The van der Waals surface area contributed by atoms with Crippen LogP contribution in [0.25, 0.3) is 0 Å². The van der Waals surface area contributed by atoms with Crippen LogP contribution in [0.15, 0.2) is 30.3 Å². The van der Waals surface area contributed by atoms with Crippen LogP contribution in [-0.4, -0.2) is 49.9 Å². The second kappa shape index (κ2) is 10.2. The highest BCUT2D eigenvalue weighted by atomic mass is 35.5. The maximum absolute atomic E-state index is 12.1. The molecule has 128 valence electrons. The monoisotopic (exact) mass is 339 g/mol. The van der Waals surface area contributed by atoms with E-state index in [-0.39, 0.29) is 24.2 Å². The molecule has 1 aliphatic heterocycles. The third-order valence-electron chi connectivity index (χ3n) is 4.00. The van der Waals surface area contributed by atoms with E-state index in [9.17, 15) is 9.59 Å². The number of carbonyl (C=O) groups excluding carboxylic acids is 2. The first kappa shape index (κ1) is 19.5. The molecule has 1 saturated heterocycles. The van der Waals surface area contributed by atoms with Crippen molar-refractivity contribution in [2.75, 3.05) is 33.2 Å². The van der Waals surface area contributed by atoms with Crippen LogP contribution in [0.5, 0.6) is 0 Å². The summed E-state index contributed by atoms with van der Waals surface area (Å²) in [5.41, 5.74) is 0.987. The molecule has 1 heterocycles. The third-order valence-corrected chi connectivity index (χ3v) is 4.00. The summed E-state index contributed by atoms with van der Waals surface area (Å²) in [6.07, 6.45) is 1.81. The fourth-order valence-electron chi connectivity index (χ4n) is 2.83. The van der Waals surface area contributed by atoms with Gasteiger partial charge < -0.3 is 15.5 Å². The van der Waals surface area contributed by atoms with Gasteiger partial charge in [-0.2, -0.15) is 0 Å². The Morgan fingerprint density at radius 1 is 1.26 bits per heavy atom. The quantitative estimate of drug-likeness (QED) is 0.785. The molecule has 1 aromatic rings. The molecule has 0 bridgehead atoms. The average molecular weight is 340 g/mol. The first-order chi connectivity index (χ1) is 10.7. The van der Waals surface area contributed by atoms with Crippen LogP contribution in [0.3, 0.4) is 0 Å². The Bertz CT molecular complexity index is 496. The second-order valence-corrected chi connectivity index (χ2v) is 5.81. The number of halogens is 1. The highest BCUT2D eigenvalue weighted by molar-refractivity contribution is 5.85. The maximum Gasteiger partial charge on any atom is 0.224 e. The van der Waals surface area contributed by atoms with Crippen LogP contribution in [0.4, 0.5) is 0 Å². The van der Waals surface area contributed by atoms with E-state index in [1.165, 1.54) is 0 Å². The van der Waals surface area contributed by atoms with Gasteiger partial charge in [0.2, 0.25) is 11.8 Å². The predicted octanol–water partition coefficient (Wildman–Crippen LogP) is 1.23. The van der Waals surface area contributed by atoms with Gasteiger partial charge in [-0.3, -0.25) is 9.59 Å². The van der Waals surface area contributed by atoms with E-state index >= 15 is 0 Å². The molecular formula is C17H26ClN3O2. The minimum atomic E-state index is -0.0338. The van der Waals surface area contributed by atoms with Crippen molar-refractivity contribution < 1.29 is 9.59 Å². The normalized spacial score (nSPS) is 16.7. The zero-order valence-corrected chi connectivity index (χ0v) is 14.4. The lowest BCUT2D eigenvalue weighted by atomic mass is 10.1. The van der Waals surface area contributed by atoms with Crippen molar-refractivity contribution in [3.8, 4) is 0 Å². The Balaban J connectivity index is 0.00000264. The smallest absolute Gasteiger partial charge is 0.224 e. The van der Waals surface area contributed by atoms with E-state index in [0.717, 1.165) is 31.6 Å². The number of hydrogen-bond acceptors (Lipinski definition) is 3. The van der Waals surface area contributed by atoms with Crippen molar-refractivity contribution >= 4 is 24.2 Å².